The third kappa shape index (κ3) is 5.85. The molecule has 7 N–H and O–H groups in total. The first-order valence-corrected chi connectivity index (χ1v) is 16.9. The van der Waals surface area contributed by atoms with Crippen molar-refractivity contribution in [3.63, 3.8) is 0 Å². The minimum Gasteiger partial charge on any atom is -0.508 e. The van der Waals surface area contributed by atoms with E-state index in [-0.39, 0.29) is 39.5 Å². The number of thioether (sulfide) groups is 2. The number of benzene rings is 3. The summed E-state index contributed by atoms with van der Waals surface area (Å²) in [5.41, 5.74) is 0.665. The molecule has 1 fully saturated rings. The van der Waals surface area contributed by atoms with E-state index in [1.54, 1.807) is 0 Å². The smallest absolute Gasteiger partial charge is 0.352 e. The molecule has 3 aromatic carbocycles. The van der Waals surface area contributed by atoms with Crippen molar-refractivity contribution in [3.8, 4) is 17.2 Å². The molecule has 7 rings (SSSR count). The molecule has 3 amide bonds. The second-order valence-corrected chi connectivity index (χ2v) is 13.4. The van der Waals surface area contributed by atoms with Crippen LogP contribution in [0.3, 0.4) is 0 Å². The number of hydrogen-bond acceptors (Lipinski definition) is 12. The van der Waals surface area contributed by atoms with Crippen LogP contribution in [0.1, 0.15) is 22.0 Å². The van der Waals surface area contributed by atoms with Crippen LogP contribution >= 0.6 is 23.5 Å². The summed E-state index contributed by atoms with van der Waals surface area (Å²) < 4.78 is 5.33. The molecule has 1 saturated heterocycles. The number of nitrogens with one attached hydrogen (secondary N) is 3. The van der Waals surface area contributed by atoms with Crippen LogP contribution in [0.2, 0.25) is 0 Å². The van der Waals surface area contributed by atoms with Crippen LogP contribution in [-0.2, 0) is 14.4 Å². The molecular weight excluding hydrogens is 691 g/mol. The van der Waals surface area contributed by atoms with Crippen molar-refractivity contribution in [3.05, 3.63) is 99.5 Å². The number of carboxylic acid groups (broad SMARTS) is 1. The van der Waals surface area contributed by atoms with Crippen LogP contribution in [0.5, 0.6) is 17.2 Å². The molecule has 2 aliphatic heterocycles. The molecule has 2 aliphatic rings. The van der Waals surface area contributed by atoms with Crippen LogP contribution in [0.25, 0.3) is 22.0 Å². The lowest BCUT2D eigenvalue weighted by Crippen LogP contribution is -2.71. The fourth-order valence-electron chi connectivity index (χ4n) is 5.67. The Morgan fingerprint density at radius 3 is 2.54 bits per heavy atom. The van der Waals surface area contributed by atoms with E-state index in [4.69, 9.17) is 4.42 Å². The lowest BCUT2D eigenvalue weighted by Gasteiger charge is -2.49. The molecule has 3 atom stereocenters. The highest BCUT2D eigenvalue weighted by atomic mass is 32.2. The molecule has 0 radical (unpaired) electrons. The zero-order valence-electron chi connectivity index (χ0n) is 25.4. The molecular formula is C33H25N5O10S2. The summed E-state index contributed by atoms with van der Waals surface area (Å²) in [5.74, 6) is -4.58. The standard InChI is InChI=1S/C33H25N5O10S2/c39-16-7-5-14(6-8-16)24(36-28(43)18-11-48-23-10-22(41)21(40)9-17(23)27(18)42)29(44)37-25-30(45)38-26(32(46)47)15(12-49-31(25)38)13-50-33-34-19-3-1-2-4-20(19)35-33/h1-11,24-25,31,39-41H,12-13H2,(H,34,35)(H,36,43)(H,37,44)(H,46,47)/t24?,25-,31+/m1/s1. The van der Waals surface area contributed by atoms with Crippen molar-refractivity contribution in [1.82, 2.24) is 25.5 Å². The zero-order chi connectivity index (χ0) is 35.3. The van der Waals surface area contributed by atoms with Gasteiger partial charge in [0.05, 0.1) is 16.4 Å². The van der Waals surface area contributed by atoms with Gasteiger partial charge in [0.15, 0.2) is 16.7 Å². The van der Waals surface area contributed by atoms with E-state index in [2.05, 4.69) is 20.6 Å². The normalized spacial score (nSPS) is 17.7. The molecule has 4 heterocycles. The van der Waals surface area contributed by atoms with E-state index in [0.29, 0.717) is 10.7 Å². The fraction of sp³-hybridized carbons (Fsp3) is 0.152. The summed E-state index contributed by atoms with van der Waals surface area (Å²) in [4.78, 5) is 74.9. The number of hydrogen-bond donors (Lipinski definition) is 7. The van der Waals surface area contributed by atoms with Gasteiger partial charge in [-0.1, -0.05) is 36.0 Å². The Hall–Kier alpha value is -5.94. The Kier molecular flexibility index (Phi) is 8.36. The van der Waals surface area contributed by atoms with Crippen molar-refractivity contribution in [2.24, 2.45) is 0 Å². The van der Waals surface area contributed by atoms with Crippen LogP contribution in [0.15, 0.2) is 92.6 Å². The molecule has 254 valence electrons. The lowest BCUT2D eigenvalue weighted by molar-refractivity contribution is -0.151. The Morgan fingerprint density at radius 2 is 1.80 bits per heavy atom. The predicted molar refractivity (Wildman–Crippen MR) is 181 cm³/mol. The number of aliphatic carboxylic acids is 1. The highest BCUT2D eigenvalue weighted by Crippen LogP contribution is 2.42. The lowest BCUT2D eigenvalue weighted by atomic mass is 10.0. The number of H-pyrrole nitrogens is 1. The third-order valence-corrected chi connectivity index (χ3v) is 10.5. The number of phenols is 3. The number of nitrogens with zero attached hydrogens (tertiary/aromatic N) is 2. The average Bonchev–Trinajstić information content (AvgIpc) is 3.52. The number of β-lactam (4-membered cyclic amide) rings is 1. The van der Waals surface area contributed by atoms with Crippen LogP contribution in [-0.4, -0.2) is 81.9 Å². The number of aromatic hydroxyl groups is 3. The van der Waals surface area contributed by atoms with Gasteiger partial charge in [-0.25, -0.2) is 9.78 Å². The van der Waals surface area contributed by atoms with Gasteiger partial charge in [0.1, 0.15) is 46.3 Å². The summed E-state index contributed by atoms with van der Waals surface area (Å²) in [5, 5.41) is 44.2. The zero-order valence-corrected chi connectivity index (χ0v) is 27.1. The molecule has 15 nitrogen and oxygen atoms in total. The molecule has 2 aromatic heterocycles. The molecule has 5 aromatic rings. The number of carbonyl (C=O) groups is 4. The maximum atomic E-state index is 13.7. The van der Waals surface area contributed by atoms with Gasteiger partial charge in [0.25, 0.3) is 11.8 Å². The van der Waals surface area contributed by atoms with Gasteiger partial charge in [-0.2, -0.15) is 0 Å². The Balaban J connectivity index is 1.10. The highest BCUT2D eigenvalue weighted by Gasteiger charge is 2.54. The number of para-hydroxylation sites is 2. The van der Waals surface area contributed by atoms with E-state index in [0.717, 1.165) is 34.3 Å². The second kappa shape index (κ2) is 12.8. The van der Waals surface area contributed by atoms with Gasteiger partial charge in [0, 0.05) is 17.6 Å². The summed E-state index contributed by atoms with van der Waals surface area (Å²) in [7, 11) is 0. The van der Waals surface area contributed by atoms with Crippen molar-refractivity contribution in [1.29, 1.82) is 0 Å². The van der Waals surface area contributed by atoms with Crippen molar-refractivity contribution in [2.45, 2.75) is 22.6 Å². The van der Waals surface area contributed by atoms with E-state index >= 15 is 0 Å². The van der Waals surface area contributed by atoms with E-state index < -0.39 is 63.6 Å². The first kappa shape index (κ1) is 32.6. The molecule has 0 spiro atoms. The monoisotopic (exact) mass is 715 g/mol. The highest BCUT2D eigenvalue weighted by molar-refractivity contribution is 8.01. The number of amides is 3. The third-order valence-electron chi connectivity index (χ3n) is 8.18. The molecule has 17 heteroatoms. The molecule has 0 bridgehead atoms. The van der Waals surface area contributed by atoms with E-state index in [9.17, 15) is 44.4 Å². The number of carbonyl (C=O) groups excluding carboxylic acids is 3. The first-order valence-electron chi connectivity index (χ1n) is 14.9. The van der Waals surface area contributed by atoms with Gasteiger partial charge in [-0.3, -0.25) is 24.1 Å². The van der Waals surface area contributed by atoms with Gasteiger partial charge < -0.3 is 40.5 Å². The number of aromatic amines is 1. The fourth-order valence-corrected chi connectivity index (χ4v) is 8.04. The van der Waals surface area contributed by atoms with E-state index in [1.807, 2.05) is 24.3 Å². The van der Waals surface area contributed by atoms with Crippen LogP contribution < -0.4 is 16.1 Å². The Morgan fingerprint density at radius 1 is 1.06 bits per heavy atom. The summed E-state index contributed by atoms with van der Waals surface area (Å²) in [6.07, 6.45) is 0.845. The first-order chi connectivity index (χ1) is 24.0. The summed E-state index contributed by atoms with van der Waals surface area (Å²) >= 11 is 2.58. The van der Waals surface area contributed by atoms with Crippen molar-refractivity contribution in [2.75, 3.05) is 11.5 Å². The number of rotatable bonds is 9. The average molecular weight is 716 g/mol. The van der Waals surface area contributed by atoms with E-state index in [1.165, 1.54) is 47.8 Å². The number of carboxylic acids is 1. The minimum absolute atomic E-state index is 0.0984. The summed E-state index contributed by atoms with van der Waals surface area (Å²) in [6.45, 7) is 0. The van der Waals surface area contributed by atoms with Gasteiger partial charge in [-0.15, -0.1) is 11.8 Å². The van der Waals surface area contributed by atoms with Gasteiger partial charge >= 0.3 is 5.97 Å². The maximum Gasteiger partial charge on any atom is 0.352 e. The SMILES string of the molecule is O=C(O)C1=C(CSc2nc3ccccc3[nH]2)CS[C@H]2[C@H](NC(=O)C(NC(=O)c3coc4cc(O)c(O)cc4c3=O)c3ccc(O)cc3)C(=O)N12. The van der Waals surface area contributed by atoms with Gasteiger partial charge in [0.2, 0.25) is 11.3 Å². The molecule has 0 aliphatic carbocycles. The van der Waals surface area contributed by atoms with Gasteiger partial charge in [-0.05, 0) is 41.5 Å². The largest absolute Gasteiger partial charge is 0.508 e. The summed E-state index contributed by atoms with van der Waals surface area (Å²) in [6, 6.07) is 12.1. The minimum atomic E-state index is -1.48. The van der Waals surface area contributed by atoms with Crippen LogP contribution in [0.4, 0.5) is 0 Å². The molecule has 50 heavy (non-hydrogen) atoms. The second-order valence-electron chi connectivity index (χ2n) is 11.3. The number of aromatic nitrogens is 2. The number of fused-ring (bicyclic) bond motifs is 3. The number of phenolic OH excluding ortho intramolecular Hbond substituents is 3. The Labute approximate surface area is 289 Å². The number of imidazole rings is 1. The van der Waals surface area contributed by atoms with Crippen molar-refractivity contribution >= 4 is 69.2 Å². The topological polar surface area (TPSA) is 235 Å². The van der Waals surface area contributed by atoms with Crippen LogP contribution in [0, 0.1) is 0 Å². The Bertz CT molecular complexity index is 2290. The quantitative estimate of drug-likeness (QED) is 0.0662. The van der Waals surface area contributed by atoms with Crippen molar-refractivity contribution < 1.29 is 44.0 Å². The molecule has 0 saturated carbocycles. The molecule has 1 unspecified atom stereocenters. The predicted octanol–water partition coefficient (Wildman–Crippen LogP) is 2.79. The maximum absolute atomic E-state index is 13.7.